The van der Waals surface area contributed by atoms with Crippen LogP contribution in [0.1, 0.15) is 34.2 Å². The van der Waals surface area contributed by atoms with Crippen LogP contribution in [-0.2, 0) is 12.6 Å². The van der Waals surface area contributed by atoms with E-state index in [1.807, 2.05) is 6.92 Å². The maximum Gasteiger partial charge on any atom is 0.416 e. The number of aromatic nitrogens is 4. The van der Waals surface area contributed by atoms with Gasteiger partial charge < -0.3 is 5.32 Å². The number of alkyl halides is 3. The Kier molecular flexibility index (Phi) is 5.04. The molecule has 0 aliphatic carbocycles. The molecule has 0 aliphatic rings. The summed E-state index contributed by atoms with van der Waals surface area (Å²) in [7, 11) is 0. The lowest BCUT2D eigenvalue weighted by atomic mass is 10.1. The number of H-pyrrole nitrogens is 1. The van der Waals surface area contributed by atoms with Crippen LogP contribution in [0.2, 0.25) is 0 Å². The fourth-order valence-electron chi connectivity index (χ4n) is 2.55. The Hall–Kier alpha value is -3.43. The van der Waals surface area contributed by atoms with Crippen LogP contribution >= 0.6 is 0 Å². The normalized spacial score (nSPS) is 11.5. The molecule has 0 aliphatic heterocycles. The van der Waals surface area contributed by atoms with Gasteiger partial charge in [-0.25, -0.2) is 4.98 Å². The van der Waals surface area contributed by atoms with Gasteiger partial charge in [0.15, 0.2) is 0 Å². The standard InChI is InChI=1S/C18H16F3N5O2/c1-3-13-9-15(27)24-17(22-13)26-14(7-10(2)25-26)23-16(28)11-5-4-6-12(8-11)18(19,20)21/h4-9H,3H2,1-2H3,(H,23,28)(H,22,24,27). The average Bonchev–Trinajstić information content (AvgIpc) is 3.00. The van der Waals surface area contributed by atoms with Crippen molar-refractivity contribution in [3.63, 3.8) is 0 Å². The Labute approximate surface area is 157 Å². The van der Waals surface area contributed by atoms with E-state index >= 15 is 0 Å². The zero-order valence-corrected chi connectivity index (χ0v) is 15.0. The number of hydrogen-bond donors (Lipinski definition) is 2. The smallest absolute Gasteiger partial charge is 0.306 e. The average molecular weight is 391 g/mol. The molecule has 2 N–H and O–H groups in total. The lowest BCUT2D eigenvalue weighted by molar-refractivity contribution is -0.137. The summed E-state index contributed by atoms with van der Waals surface area (Å²) < 4.78 is 39.8. The number of halogens is 3. The maximum absolute atomic E-state index is 12.9. The van der Waals surface area contributed by atoms with Gasteiger partial charge in [-0.2, -0.15) is 23.0 Å². The zero-order valence-electron chi connectivity index (χ0n) is 15.0. The fourth-order valence-corrected chi connectivity index (χ4v) is 2.55. The second kappa shape index (κ2) is 7.29. The number of benzene rings is 1. The first kappa shape index (κ1) is 19.3. The van der Waals surface area contributed by atoms with Crippen LogP contribution in [0.15, 0.2) is 41.2 Å². The number of amides is 1. The number of nitrogens with zero attached hydrogens (tertiary/aromatic N) is 3. The molecule has 0 fully saturated rings. The Morgan fingerprint density at radius 3 is 2.68 bits per heavy atom. The number of hydrogen-bond acceptors (Lipinski definition) is 4. The second-order valence-corrected chi connectivity index (χ2v) is 6.03. The molecule has 3 rings (SSSR count). The predicted octanol–water partition coefficient (Wildman–Crippen LogP) is 3.10. The van der Waals surface area contributed by atoms with Gasteiger partial charge in [0.1, 0.15) is 5.82 Å². The Morgan fingerprint density at radius 1 is 1.25 bits per heavy atom. The molecule has 10 heteroatoms. The number of carbonyl (C=O) groups excluding carboxylic acids is 1. The number of anilines is 1. The van der Waals surface area contributed by atoms with Crippen LogP contribution < -0.4 is 10.9 Å². The summed E-state index contributed by atoms with van der Waals surface area (Å²) in [4.78, 5) is 31.1. The second-order valence-electron chi connectivity index (χ2n) is 6.03. The van der Waals surface area contributed by atoms with E-state index in [1.54, 1.807) is 6.92 Å². The topological polar surface area (TPSA) is 92.7 Å². The highest BCUT2D eigenvalue weighted by Crippen LogP contribution is 2.29. The highest BCUT2D eigenvalue weighted by Gasteiger charge is 2.31. The third-order valence-electron chi connectivity index (χ3n) is 3.87. The minimum atomic E-state index is -4.56. The molecule has 2 aromatic heterocycles. The number of nitrogens with one attached hydrogen (secondary N) is 2. The zero-order chi connectivity index (χ0) is 20.5. The monoisotopic (exact) mass is 391 g/mol. The van der Waals surface area contributed by atoms with Crippen molar-refractivity contribution in [1.82, 2.24) is 19.7 Å². The summed E-state index contributed by atoms with van der Waals surface area (Å²) in [5.74, 6) is -0.491. The van der Waals surface area contributed by atoms with Gasteiger partial charge in [-0.3, -0.25) is 14.6 Å². The van der Waals surface area contributed by atoms with E-state index in [0.717, 1.165) is 18.2 Å². The van der Waals surface area contributed by atoms with E-state index in [4.69, 9.17) is 0 Å². The number of aromatic amines is 1. The lowest BCUT2D eigenvalue weighted by Gasteiger charge is -2.10. The molecular weight excluding hydrogens is 375 g/mol. The molecular formula is C18H16F3N5O2. The molecule has 2 heterocycles. The summed E-state index contributed by atoms with van der Waals surface area (Å²) in [6.07, 6.45) is -4.04. The molecule has 146 valence electrons. The van der Waals surface area contributed by atoms with Gasteiger partial charge in [0, 0.05) is 23.4 Å². The molecule has 0 saturated heterocycles. The van der Waals surface area contributed by atoms with Crippen LogP contribution in [0, 0.1) is 6.92 Å². The van der Waals surface area contributed by atoms with Crippen LogP contribution in [0.3, 0.4) is 0 Å². The Bertz CT molecular complexity index is 1090. The Balaban J connectivity index is 1.95. The highest BCUT2D eigenvalue weighted by molar-refractivity contribution is 6.04. The molecule has 0 bridgehead atoms. The molecule has 0 atom stereocenters. The molecule has 0 unspecified atom stereocenters. The molecule has 0 saturated carbocycles. The molecule has 7 nitrogen and oxygen atoms in total. The summed E-state index contributed by atoms with van der Waals surface area (Å²) in [5.41, 5.74) is -0.424. The van der Waals surface area contributed by atoms with Crippen LogP contribution in [-0.4, -0.2) is 25.7 Å². The van der Waals surface area contributed by atoms with Crippen molar-refractivity contribution in [2.75, 3.05) is 5.32 Å². The summed E-state index contributed by atoms with van der Waals surface area (Å²) in [6, 6.07) is 6.95. The highest BCUT2D eigenvalue weighted by atomic mass is 19.4. The van der Waals surface area contributed by atoms with Gasteiger partial charge in [-0.1, -0.05) is 13.0 Å². The molecule has 1 aromatic carbocycles. The first-order chi connectivity index (χ1) is 13.2. The van der Waals surface area contributed by atoms with Crippen LogP contribution in [0.25, 0.3) is 5.95 Å². The largest absolute Gasteiger partial charge is 0.416 e. The van der Waals surface area contributed by atoms with Crippen molar-refractivity contribution in [2.24, 2.45) is 0 Å². The van der Waals surface area contributed by atoms with E-state index in [2.05, 4.69) is 20.4 Å². The molecule has 28 heavy (non-hydrogen) atoms. The van der Waals surface area contributed by atoms with Crippen molar-refractivity contribution in [3.05, 3.63) is 69.3 Å². The maximum atomic E-state index is 12.9. The Morgan fingerprint density at radius 2 is 2.00 bits per heavy atom. The lowest BCUT2D eigenvalue weighted by Crippen LogP contribution is -2.19. The van der Waals surface area contributed by atoms with Gasteiger partial charge >= 0.3 is 6.18 Å². The van der Waals surface area contributed by atoms with Crippen LogP contribution in [0.5, 0.6) is 0 Å². The number of carbonyl (C=O) groups is 1. The van der Waals surface area contributed by atoms with Crippen molar-refractivity contribution in [2.45, 2.75) is 26.4 Å². The third kappa shape index (κ3) is 4.11. The van der Waals surface area contributed by atoms with Crippen molar-refractivity contribution in [3.8, 4) is 5.95 Å². The summed E-state index contributed by atoms with van der Waals surface area (Å²) >= 11 is 0. The molecule has 0 radical (unpaired) electrons. The molecule has 1 amide bonds. The van der Waals surface area contributed by atoms with E-state index in [0.29, 0.717) is 17.8 Å². The van der Waals surface area contributed by atoms with Crippen molar-refractivity contribution in [1.29, 1.82) is 0 Å². The summed E-state index contributed by atoms with van der Waals surface area (Å²) in [6.45, 7) is 3.49. The SMILES string of the molecule is CCc1cc(=O)[nH]c(-n2nc(C)cc2NC(=O)c2cccc(C(F)(F)F)c2)n1. The molecule has 0 spiro atoms. The predicted molar refractivity (Wildman–Crippen MR) is 95.5 cm³/mol. The number of rotatable bonds is 4. The third-order valence-corrected chi connectivity index (χ3v) is 3.87. The first-order valence-corrected chi connectivity index (χ1v) is 8.33. The van der Waals surface area contributed by atoms with Gasteiger partial charge in [0.2, 0.25) is 5.95 Å². The van der Waals surface area contributed by atoms with E-state index < -0.39 is 17.6 Å². The molecule has 3 aromatic rings. The number of aryl methyl sites for hydroxylation is 2. The van der Waals surface area contributed by atoms with Crippen molar-refractivity contribution >= 4 is 11.7 Å². The minimum absolute atomic E-state index is 0.0943. The summed E-state index contributed by atoms with van der Waals surface area (Å²) in [5, 5.41) is 6.70. The van der Waals surface area contributed by atoms with Gasteiger partial charge in [0.25, 0.3) is 11.5 Å². The minimum Gasteiger partial charge on any atom is -0.306 e. The van der Waals surface area contributed by atoms with E-state index in [-0.39, 0.29) is 22.9 Å². The van der Waals surface area contributed by atoms with Gasteiger partial charge in [-0.15, -0.1) is 0 Å². The van der Waals surface area contributed by atoms with Crippen molar-refractivity contribution < 1.29 is 18.0 Å². The first-order valence-electron chi connectivity index (χ1n) is 8.33. The van der Waals surface area contributed by atoms with E-state index in [1.165, 1.54) is 22.9 Å². The quantitative estimate of drug-likeness (QED) is 0.715. The van der Waals surface area contributed by atoms with E-state index in [9.17, 15) is 22.8 Å². The fraction of sp³-hybridized carbons (Fsp3) is 0.222. The van der Waals surface area contributed by atoms with Gasteiger partial charge in [0.05, 0.1) is 11.3 Å². The van der Waals surface area contributed by atoms with Crippen LogP contribution in [0.4, 0.5) is 19.0 Å². The van der Waals surface area contributed by atoms with Gasteiger partial charge in [-0.05, 0) is 31.5 Å².